The first-order valence-electron chi connectivity index (χ1n) is 2.90. The van der Waals surface area contributed by atoms with E-state index in [2.05, 4.69) is 21.3 Å². The van der Waals surface area contributed by atoms with Crippen LogP contribution in [0.5, 0.6) is 0 Å². The third-order valence-corrected chi connectivity index (χ3v) is 6.07. The highest BCUT2D eigenvalue weighted by molar-refractivity contribution is 9.11. The molecule has 0 radical (unpaired) electrons. The van der Waals surface area contributed by atoms with Gasteiger partial charge in [-0.05, 0) is 15.9 Å². The molecule has 2 heterocycles. The van der Waals surface area contributed by atoms with E-state index in [1.807, 2.05) is 23.5 Å². The SMILES string of the molecule is Brc1scc2c1SCCS2. The van der Waals surface area contributed by atoms with Gasteiger partial charge in [-0.25, -0.2) is 0 Å². The molecule has 0 atom stereocenters. The summed E-state index contributed by atoms with van der Waals surface area (Å²) in [6, 6.07) is 0. The van der Waals surface area contributed by atoms with Crippen LogP contribution in [-0.4, -0.2) is 11.5 Å². The van der Waals surface area contributed by atoms with E-state index in [0.717, 1.165) is 0 Å². The van der Waals surface area contributed by atoms with Crippen LogP contribution in [0.4, 0.5) is 0 Å². The van der Waals surface area contributed by atoms with Crippen molar-refractivity contribution >= 4 is 50.8 Å². The number of hydrogen-bond acceptors (Lipinski definition) is 3. The second-order valence-electron chi connectivity index (χ2n) is 1.90. The highest BCUT2D eigenvalue weighted by Gasteiger charge is 2.14. The Morgan fingerprint density at radius 3 is 2.90 bits per heavy atom. The molecule has 1 aliphatic heterocycles. The molecule has 2 rings (SSSR count). The summed E-state index contributed by atoms with van der Waals surface area (Å²) in [5.74, 6) is 2.52. The summed E-state index contributed by atoms with van der Waals surface area (Å²) in [7, 11) is 0. The van der Waals surface area contributed by atoms with E-state index in [1.54, 1.807) is 11.3 Å². The number of rotatable bonds is 0. The predicted molar refractivity (Wildman–Crippen MR) is 53.5 cm³/mol. The maximum atomic E-state index is 3.54. The lowest BCUT2D eigenvalue weighted by Gasteiger charge is -2.09. The van der Waals surface area contributed by atoms with Crippen LogP contribution < -0.4 is 0 Å². The molecule has 0 unspecified atom stereocenters. The fraction of sp³-hybridized carbons (Fsp3) is 0.333. The second kappa shape index (κ2) is 3.09. The molecule has 0 aliphatic carbocycles. The molecule has 54 valence electrons. The maximum Gasteiger partial charge on any atom is 0.0845 e. The molecule has 0 saturated carbocycles. The van der Waals surface area contributed by atoms with Crippen LogP contribution in [0.1, 0.15) is 0 Å². The van der Waals surface area contributed by atoms with Gasteiger partial charge < -0.3 is 0 Å². The van der Waals surface area contributed by atoms with Crippen molar-refractivity contribution in [1.82, 2.24) is 0 Å². The van der Waals surface area contributed by atoms with E-state index in [0.29, 0.717) is 0 Å². The fourth-order valence-corrected chi connectivity index (χ4v) is 5.21. The number of thiophene rings is 1. The van der Waals surface area contributed by atoms with Gasteiger partial charge in [0.25, 0.3) is 0 Å². The topological polar surface area (TPSA) is 0 Å². The zero-order valence-electron chi connectivity index (χ0n) is 5.09. The van der Waals surface area contributed by atoms with Crippen molar-refractivity contribution in [3.05, 3.63) is 9.17 Å². The molecule has 0 amide bonds. The van der Waals surface area contributed by atoms with Crippen molar-refractivity contribution in [2.24, 2.45) is 0 Å². The summed E-state index contributed by atoms with van der Waals surface area (Å²) in [5.41, 5.74) is 0. The molecular formula is C6H5BrS3. The van der Waals surface area contributed by atoms with Gasteiger partial charge in [-0.15, -0.1) is 34.9 Å². The lowest BCUT2D eigenvalue weighted by atomic mass is 10.6. The smallest absolute Gasteiger partial charge is 0.0845 e. The zero-order chi connectivity index (χ0) is 6.97. The number of hydrogen-bond donors (Lipinski definition) is 0. The molecule has 1 aromatic heterocycles. The molecule has 1 aromatic rings. The van der Waals surface area contributed by atoms with Crippen LogP contribution in [0, 0.1) is 0 Å². The number of halogens is 1. The van der Waals surface area contributed by atoms with Crippen LogP contribution in [0.2, 0.25) is 0 Å². The minimum Gasteiger partial charge on any atom is -0.134 e. The van der Waals surface area contributed by atoms with Crippen molar-refractivity contribution in [2.75, 3.05) is 11.5 Å². The average molecular weight is 253 g/mol. The Morgan fingerprint density at radius 1 is 1.30 bits per heavy atom. The van der Waals surface area contributed by atoms with E-state index < -0.39 is 0 Å². The van der Waals surface area contributed by atoms with Crippen LogP contribution in [0.3, 0.4) is 0 Å². The van der Waals surface area contributed by atoms with Crippen molar-refractivity contribution in [2.45, 2.75) is 9.79 Å². The summed E-state index contributed by atoms with van der Waals surface area (Å²) in [4.78, 5) is 2.93. The van der Waals surface area contributed by atoms with Gasteiger partial charge >= 0.3 is 0 Å². The third-order valence-electron chi connectivity index (χ3n) is 1.26. The number of thioether (sulfide) groups is 2. The normalized spacial score (nSPS) is 16.9. The van der Waals surface area contributed by atoms with Crippen LogP contribution in [0.15, 0.2) is 19.0 Å². The van der Waals surface area contributed by atoms with Crippen molar-refractivity contribution in [3.8, 4) is 0 Å². The summed E-state index contributed by atoms with van der Waals surface area (Å²) < 4.78 is 1.31. The molecule has 1 aliphatic rings. The molecule has 10 heavy (non-hydrogen) atoms. The molecule has 0 N–H and O–H groups in total. The van der Waals surface area contributed by atoms with Crippen LogP contribution >= 0.6 is 50.8 Å². The molecule has 0 bridgehead atoms. The van der Waals surface area contributed by atoms with E-state index in [1.165, 1.54) is 25.1 Å². The molecule has 0 saturated heterocycles. The minimum atomic E-state index is 1.26. The second-order valence-corrected chi connectivity index (χ2v) is 6.34. The van der Waals surface area contributed by atoms with Crippen molar-refractivity contribution in [1.29, 1.82) is 0 Å². The monoisotopic (exact) mass is 252 g/mol. The Labute approximate surface area is 80.9 Å². The van der Waals surface area contributed by atoms with E-state index in [9.17, 15) is 0 Å². The van der Waals surface area contributed by atoms with Crippen molar-refractivity contribution < 1.29 is 0 Å². The molecule has 0 fully saturated rings. The zero-order valence-corrected chi connectivity index (χ0v) is 9.13. The first kappa shape index (κ1) is 7.53. The van der Waals surface area contributed by atoms with Gasteiger partial charge in [-0.2, -0.15) is 0 Å². The average Bonchev–Trinajstić information content (AvgIpc) is 2.34. The number of fused-ring (bicyclic) bond motifs is 1. The van der Waals surface area contributed by atoms with E-state index in [-0.39, 0.29) is 0 Å². The summed E-state index contributed by atoms with van der Waals surface area (Å²) in [5, 5.41) is 2.23. The summed E-state index contributed by atoms with van der Waals surface area (Å²) >= 11 is 9.27. The Kier molecular flexibility index (Phi) is 2.32. The lowest BCUT2D eigenvalue weighted by molar-refractivity contribution is 1.27. The third kappa shape index (κ3) is 1.26. The van der Waals surface area contributed by atoms with Crippen molar-refractivity contribution in [3.63, 3.8) is 0 Å². The first-order valence-corrected chi connectivity index (χ1v) is 6.55. The Bertz CT molecular complexity index is 243. The molecule has 0 aromatic carbocycles. The van der Waals surface area contributed by atoms with Gasteiger partial charge in [0, 0.05) is 26.7 Å². The Hall–Kier alpha value is 0.880. The van der Waals surface area contributed by atoms with E-state index >= 15 is 0 Å². The van der Waals surface area contributed by atoms with Gasteiger partial charge in [0.2, 0.25) is 0 Å². The highest BCUT2D eigenvalue weighted by Crippen LogP contribution is 2.44. The highest BCUT2D eigenvalue weighted by atomic mass is 79.9. The Morgan fingerprint density at radius 2 is 2.10 bits per heavy atom. The predicted octanol–water partition coefficient (Wildman–Crippen LogP) is 3.71. The molecule has 4 heteroatoms. The summed E-state index contributed by atoms with van der Waals surface area (Å²) in [6.07, 6.45) is 0. The van der Waals surface area contributed by atoms with Crippen LogP contribution in [0.25, 0.3) is 0 Å². The quantitative estimate of drug-likeness (QED) is 0.691. The molecular weight excluding hydrogens is 248 g/mol. The molecule has 0 spiro atoms. The van der Waals surface area contributed by atoms with Gasteiger partial charge in [0.05, 0.1) is 3.79 Å². The lowest BCUT2D eigenvalue weighted by Crippen LogP contribution is -1.89. The maximum absolute atomic E-state index is 3.54. The van der Waals surface area contributed by atoms with E-state index in [4.69, 9.17) is 0 Å². The van der Waals surface area contributed by atoms with Gasteiger partial charge in [-0.1, -0.05) is 0 Å². The standard InChI is InChI=1S/C6H5BrS3/c7-6-5-4(3-10-6)8-1-2-9-5/h3H,1-2H2. The minimum absolute atomic E-state index is 1.26. The van der Waals surface area contributed by atoms with Gasteiger partial charge in [0.15, 0.2) is 0 Å². The first-order chi connectivity index (χ1) is 4.88. The molecule has 0 nitrogen and oxygen atoms in total. The van der Waals surface area contributed by atoms with Gasteiger partial charge in [0.1, 0.15) is 0 Å². The largest absolute Gasteiger partial charge is 0.134 e. The fourth-order valence-electron chi connectivity index (χ4n) is 0.832. The summed E-state index contributed by atoms with van der Waals surface area (Å²) in [6.45, 7) is 0. The Balaban J connectivity index is 2.45. The van der Waals surface area contributed by atoms with Crippen LogP contribution in [-0.2, 0) is 0 Å². The van der Waals surface area contributed by atoms with Gasteiger partial charge in [-0.3, -0.25) is 0 Å².